The minimum absolute atomic E-state index is 0.160. The van der Waals surface area contributed by atoms with Crippen molar-refractivity contribution >= 4 is 15.8 Å². The highest BCUT2D eigenvalue weighted by Gasteiger charge is 2.20. The van der Waals surface area contributed by atoms with Gasteiger partial charge in [0, 0.05) is 13.2 Å². The predicted molar refractivity (Wildman–Crippen MR) is 67.7 cm³/mol. The number of hydrogen-bond acceptors (Lipinski definition) is 4. The molecule has 2 rings (SSSR count). The monoisotopic (exact) mass is 266 g/mol. The Kier molecular flexibility index (Phi) is 3.08. The zero-order valence-corrected chi connectivity index (χ0v) is 11.2. The molecule has 2 heterocycles. The molecule has 0 radical (unpaired) electrons. The number of hydrogen-bond donors (Lipinski definition) is 1. The van der Waals surface area contributed by atoms with Gasteiger partial charge in [-0.25, -0.2) is 13.4 Å². The first-order valence-corrected chi connectivity index (χ1v) is 6.82. The molecule has 0 spiro atoms. The molecule has 0 aromatic carbocycles. The largest absolute Gasteiger partial charge is 0.272 e. The molecule has 0 saturated heterocycles. The Labute approximate surface area is 106 Å². The van der Waals surface area contributed by atoms with E-state index in [1.807, 2.05) is 6.92 Å². The topological polar surface area (TPSA) is 76.9 Å². The van der Waals surface area contributed by atoms with E-state index in [-0.39, 0.29) is 4.90 Å². The second-order valence-electron chi connectivity index (χ2n) is 4.04. The molecule has 0 unspecified atom stereocenters. The first-order valence-electron chi connectivity index (χ1n) is 5.34. The van der Waals surface area contributed by atoms with Crippen molar-refractivity contribution in [3.63, 3.8) is 0 Å². The highest BCUT2D eigenvalue weighted by atomic mass is 32.2. The Morgan fingerprint density at radius 3 is 2.44 bits per heavy atom. The molecule has 96 valence electrons. The molecule has 0 aliphatic heterocycles. The van der Waals surface area contributed by atoms with E-state index in [1.54, 1.807) is 32.3 Å². The van der Waals surface area contributed by atoms with Gasteiger partial charge in [-0.2, -0.15) is 5.10 Å². The molecule has 0 saturated carbocycles. The van der Waals surface area contributed by atoms with Gasteiger partial charge in [0.1, 0.15) is 10.7 Å². The van der Waals surface area contributed by atoms with Crippen LogP contribution in [0.1, 0.15) is 11.3 Å². The molecule has 7 heteroatoms. The van der Waals surface area contributed by atoms with Gasteiger partial charge in [-0.3, -0.25) is 9.40 Å². The molecule has 0 atom stereocenters. The molecule has 2 aromatic heterocycles. The van der Waals surface area contributed by atoms with Crippen molar-refractivity contribution < 1.29 is 8.42 Å². The Hall–Kier alpha value is -1.89. The van der Waals surface area contributed by atoms with Crippen LogP contribution in [0.5, 0.6) is 0 Å². The van der Waals surface area contributed by atoms with Crippen molar-refractivity contribution in [3.05, 3.63) is 35.8 Å². The third kappa shape index (κ3) is 2.35. The zero-order chi connectivity index (χ0) is 13.3. The third-order valence-corrected chi connectivity index (χ3v) is 4.09. The third-order valence-electron chi connectivity index (χ3n) is 2.63. The number of rotatable bonds is 3. The lowest BCUT2D eigenvalue weighted by Crippen LogP contribution is -2.14. The number of aryl methyl sites for hydroxylation is 2. The summed E-state index contributed by atoms with van der Waals surface area (Å²) in [5, 5.41) is 3.92. The van der Waals surface area contributed by atoms with Gasteiger partial charge in [-0.15, -0.1) is 0 Å². The van der Waals surface area contributed by atoms with Crippen LogP contribution in [-0.4, -0.2) is 23.2 Å². The van der Waals surface area contributed by atoms with E-state index in [2.05, 4.69) is 14.8 Å². The summed E-state index contributed by atoms with van der Waals surface area (Å²) in [7, 11) is -1.94. The molecule has 2 aromatic rings. The van der Waals surface area contributed by atoms with Gasteiger partial charge in [0.15, 0.2) is 0 Å². The van der Waals surface area contributed by atoms with Crippen molar-refractivity contribution in [2.75, 3.05) is 4.72 Å². The van der Waals surface area contributed by atoms with Crippen molar-refractivity contribution in [2.45, 2.75) is 18.7 Å². The fourth-order valence-corrected chi connectivity index (χ4v) is 2.68. The lowest BCUT2D eigenvalue weighted by molar-refractivity contribution is 0.600. The normalized spacial score (nSPS) is 11.5. The summed E-state index contributed by atoms with van der Waals surface area (Å²) in [5.74, 6) is 0.295. The molecule has 18 heavy (non-hydrogen) atoms. The smallest absolute Gasteiger partial charge is 0.266 e. The number of pyridine rings is 1. The van der Waals surface area contributed by atoms with E-state index in [0.29, 0.717) is 11.5 Å². The predicted octanol–water partition coefficient (Wildman–Crippen LogP) is 1.23. The molecule has 0 fully saturated rings. The summed E-state index contributed by atoms with van der Waals surface area (Å²) in [6, 6.07) is 3.42. The van der Waals surface area contributed by atoms with Crippen LogP contribution in [0.3, 0.4) is 0 Å². The molecular formula is C11H14N4O2S. The average molecular weight is 266 g/mol. The van der Waals surface area contributed by atoms with Gasteiger partial charge < -0.3 is 0 Å². The molecule has 0 amide bonds. The number of sulfonamides is 1. The fraction of sp³-hybridized carbons (Fsp3) is 0.273. The van der Waals surface area contributed by atoms with Crippen LogP contribution in [0.15, 0.2) is 29.4 Å². The van der Waals surface area contributed by atoms with E-state index < -0.39 is 10.0 Å². The molecule has 6 nitrogen and oxygen atoms in total. The quantitative estimate of drug-likeness (QED) is 0.906. The van der Waals surface area contributed by atoms with Crippen LogP contribution in [0.2, 0.25) is 0 Å². The highest BCUT2D eigenvalue weighted by Crippen LogP contribution is 2.17. The summed E-state index contributed by atoms with van der Waals surface area (Å²) in [6.07, 6.45) is 2.93. The fourth-order valence-electron chi connectivity index (χ4n) is 1.46. The van der Waals surface area contributed by atoms with E-state index >= 15 is 0 Å². The SMILES string of the molecule is Cc1ccc(NS(=O)(=O)c2cnn(C)c2C)nc1. The average Bonchev–Trinajstić information content (AvgIpc) is 2.63. The number of anilines is 1. The molecular weight excluding hydrogens is 252 g/mol. The Morgan fingerprint density at radius 1 is 1.22 bits per heavy atom. The lowest BCUT2D eigenvalue weighted by atomic mass is 10.3. The second-order valence-corrected chi connectivity index (χ2v) is 5.69. The van der Waals surface area contributed by atoms with Crippen molar-refractivity contribution in [1.82, 2.24) is 14.8 Å². The molecule has 0 bridgehead atoms. The van der Waals surface area contributed by atoms with Crippen molar-refractivity contribution in [3.8, 4) is 0 Å². The van der Waals surface area contributed by atoms with Crippen LogP contribution < -0.4 is 4.72 Å². The number of aromatic nitrogens is 3. The van der Waals surface area contributed by atoms with Gasteiger partial charge in [0.25, 0.3) is 10.0 Å². The molecule has 0 aliphatic carbocycles. The number of nitrogens with one attached hydrogen (secondary N) is 1. The van der Waals surface area contributed by atoms with Crippen molar-refractivity contribution in [2.24, 2.45) is 7.05 Å². The standard InChI is InChI=1S/C11H14N4O2S/c1-8-4-5-11(12-6-8)14-18(16,17)10-7-13-15(3)9(10)2/h4-7H,1-3H3,(H,12,14). The lowest BCUT2D eigenvalue weighted by Gasteiger charge is -2.06. The Bertz CT molecular complexity index is 659. The highest BCUT2D eigenvalue weighted by molar-refractivity contribution is 7.92. The maximum Gasteiger partial charge on any atom is 0.266 e. The van der Waals surface area contributed by atoms with Crippen molar-refractivity contribution in [1.29, 1.82) is 0 Å². The number of nitrogens with zero attached hydrogens (tertiary/aromatic N) is 3. The van der Waals surface area contributed by atoms with Crippen LogP contribution in [-0.2, 0) is 17.1 Å². The van der Waals surface area contributed by atoms with Gasteiger partial charge in [-0.1, -0.05) is 6.07 Å². The van der Waals surface area contributed by atoms with Crippen LogP contribution in [0, 0.1) is 13.8 Å². The summed E-state index contributed by atoms with van der Waals surface area (Å²) >= 11 is 0. The van der Waals surface area contributed by atoms with Gasteiger partial charge in [-0.05, 0) is 25.5 Å². The first-order chi connectivity index (χ1) is 8.40. The van der Waals surface area contributed by atoms with E-state index in [1.165, 1.54) is 10.9 Å². The summed E-state index contributed by atoms with van der Waals surface area (Å²) in [4.78, 5) is 4.17. The molecule has 0 aliphatic rings. The molecule has 1 N–H and O–H groups in total. The summed E-state index contributed by atoms with van der Waals surface area (Å²) in [5.41, 5.74) is 1.55. The van der Waals surface area contributed by atoms with Crippen LogP contribution in [0.4, 0.5) is 5.82 Å². The minimum atomic E-state index is -3.63. The maximum atomic E-state index is 12.1. The Morgan fingerprint density at radius 2 is 1.94 bits per heavy atom. The van der Waals surface area contributed by atoms with E-state index in [4.69, 9.17) is 0 Å². The second kappa shape index (κ2) is 4.41. The van der Waals surface area contributed by atoms with E-state index in [0.717, 1.165) is 5.56 Å². The maximum absolute atomic E-state index is 12.1. The summed E-state index contributed by atoms with van der Waals surface area (Å²) in [6.45, 7) is 3.58. The Balaban J connectivity index is 2.33. The minimum Gasteiger partial charge on any atom is -0.272 e. The van der Waals surface area contributed by atoms with Crippen LogP contribution >= 0.6 is 0 Å². The van der Waals surface area contributed by atoms with Gasteiger partial charge in [0.2, 0.25) is 0 Å². The van der Waals surface area contributed by atoms with Gasteiger partial charge in [0.05, 0.1) is 11.9 Å². The van der Waals surface area contributed by atoms with E-state index in [9.17, 15) is 8.42 Å². The van der Waals surface area contributed by atoms with Crippen LogP contribution in [0.25, 0.3) is 0 Å². The first kappa shape index (κ1) is 12.6. The zero-order valence-electron chi connectivity index (χ0n) is 10.4. The summed E-state index contributed by atoms with van der Waals surface area (Å²) < 4.78 is 28.2. The van der Waals surface area contributed by atoms with Gasteiger partial charge >= 0.3 is 0 Å².